The van der Waals surface area contributed by atoms with Crippen LogP contribution in [0.15, 0.2) is 34.9 Å². The summed E-state index contributed by atoms with van der Waals surface area (Å²) in [5.41, 5.74) is 9.46. The van der Waals surface area contributed by atoms with E-state index in [1.165, 1.54) is 5.56 Å². The number of hydrogen-bond acceptors (Lipinski definition) is 3. The highest BCUT2D eigenvalue weighted by Crippen LogP contribution is 2.24. The topological polar surface area (TPSA) is 67.8 Å². The molecule has 2 aromatic heterocycles. The van der Waals surface area contributed by atoms with Gasteiger partial charge in [0.1, 0.15) is 5.69 Å². The van der Waals surface area contributed by atoms with Gasteiger partial charge in [-0.05, 0) is 25.1 Å². The van der Waals surface area contributed by atoms with Crippen LogP contribution in [0.4, 0.5) is 5.88 Å². The molecule has 4 heteroatoms. The van der Waals surface area contributed by atoms with E-state index in [9.17, 15) is 0 Å². The zero-order valence-electron chi connectivity index (χ0n) is 8.82. The third-order valence-electron chi connectivity index (χ3n) is 2.58. The lowest BCUT2D eigenvalue weighted by molar-refractivity contribution is 0.439. The highest BCUT2D eigenvalue weighted by atomic mass is 16.5. The molecular formula is C12H11N3O. The van der Waals surface area contributed by atoms with Crippen molar-refractivity contribution in [2.24, 2.45) is 0 Å². The second-order valence-corrected chi connectivity index (χ2v) is 3.89. The minimum atomic E-state index is 0.324. The van der Waals surface area contributed by atoms with Crippen LogP contribution in [-0.2, 0) is 0 Å². The number of nitrogens with two attached hydrogens (primary N) is 1. The van der Waals surface area contributed by atoms with E-state index in [1.54, 1.807) is 6.07 Å². The van der Waals surface area contributed by atoms with Crippen LogP contribution in [-0.4, -0.2) is 10.1 Å². The van der Waals surface area contributed by atoms with E-state index >= 15 is 0 Å². The van der Waals surface area contributed by atoms with Crippen molar-refractivity contribution < 1.29 is 4.52 Å². The lowest BCUT2D eigenvalue weighted by Gasteiger charge is -1.90. The summed E-state index contributed by atoms with van der Waals surface area (Å²) in [6.07, 6.45) is 0. The molecule has 0 aliphatic heterocycles. The van der Waals surface area contributed by atoms with E-state index in [2.05, 4.69) is 35.3 Å². The number of rotatable bonds is 1. The van der Waals surface area contributed by atoms with E-state index < -0.39 is 0 Å². The van der Waals surface area contributed by atoms with E-state index in [0.29, 0.717) is 5.88 Å². The van der Waals surface area contributed by atoms with Crippen LogP contribution < -0.4 is 5.73 Å². The predicted molar refractivity (Wildman–Crippen MR) is 62.9 cm³/mol. The van der Waals surface area contributed by atoms with Gasteiger partial charge in [-0.3, -0.25) is 0 Å². The van der Waals surface area contributed by atoms with Crippen LogP contribution in [0, 0.1) is 6.92 Å². The SMILES string of the molecule is Cc1ccc2[nH]c(-c3cc(N)on3)cc2c1. The van der Waals surface area contributed by atoms with Crippen molar-refractivity contribution in [1.29, 1.82) is 0 Å². The predicted octanol–water partition coefficient (Wildman–Crippen LogP) is 2.71. The quantitative estimate of drug-likeness (QED) is 0.653. The monoisotopic (exact) mass is 213 g/mol. The Labute approximate surface area is 92.0 Å². The molecule has 0 aliphatic rings. The van der Waals surface area contributed by atoms with Gasteiger partial charge in [0.15, 0.2) is 0 Å². The smallest absolute Gasteiger partial charge is 0.222 e. The molecule has 3 aromatic rings. The molecule has 0 fully saturated rings. The van der Waals surface area contributed by atoms with Crippen molar-refractivity contribution in [3.05, 3.63) is 35.9 Å². The normalized spacial score (nSPS) is 11.1. The van der Waals surface area contributed by atoms with Gasteiger partial charge in [0.2, 0.25) is 5.88 Å². The molecule has 16 heavy (non-hydrogen) atoms. The average molecular weight is 213 g/mol. The van der Waals surface area contributed by atoms with Gasteiger partial charge >= 0.3 is 0 Å². The van der Waals surface area contributed by atoms with Crippen LogP contribution in [0.5, 0.6) is 0 Å². The molecule has 0 radical (unpaired) electrons. The first-order valence-corrected chi connectivity index (χ1v) is 5.04. The fraction of sp³-hybridized carbons (Fsp3) is 0.0833. The summed E-state index contributed by atoms with van der Waals surface area (Å²) in [6, 6.07) is 9.99. The van der Waals surface area contributed by atoms with Gasteiger partial charge in [-0.15, -0.1) is 0 Å². The van der Waals surface area contributed by atoms with Crippen LogP contribution >= 0.6 is 0 Å². The molecule has 4 nitrogen and oxygen atoms in total. The molecule has 3 rings (SSSR count). The summed E-state index contributed by atoms with van der Waals surface area (Å²) in [5, 5.41) is 5.04. The Bertz CT molecular complexity index is 651. The Morgan fingerprint density at radius 1 is 1.25 bits per heavy atom. The van der Waals surface area contributed by atoms with Gasteiger partial charge in [0.05, 0.1) is 5.69 Å². The highest BCUT2D eigenvalue weighted by Gasteiger charge is 2.07. The highest BCUT2D eigenvalue weighted by molar-refractivity contribution is 5.85. The number of aryl methyl sites for hydroxylation is 1. The third kappa shape index (κ3) is 1.35. The molecule has 2 heterocycles. The summed E-state index contributed by atoms with van der Waals surface area (Å²) in [6.45, 7) is 2.07. The Morgan fingerprint density at radius 2 is 2.12 bits per heavy atom. The Hall–Kier alpha value is -2.23. The number of nitrogens with zero attached hydrogens (tertiary/aromatic N) is 1. The van der Waals surface area contributed by atoms with E-state index in [-0.39, 0.29) is 0 Å². The minimum Gasteiger partial charge on any atom is -0.368 e. The van der Waals surface area contributed by atoms with Gasteiger partial charge in [0.25, 0.3) is 0 Å². The molecule has 1 aromatic carbocycles. The molecule has 0 amide bonds. The van der Waals surface area contributed by atoms with Crippen molar-refractivity contribution >= 4 is 16.8 Å². The molecule has 0 spiro atoms. The first-order chi connectivity index (χ1) is 7.72. The van der Waals surface area contributed by atoms with E-state index in [1.807, 2.05) is 6.07 Å². The second-order valence-electron chi connectivity index (χ2n) is 3.89. The molecule has 0 bridgehead atoms. The fourth-order valence-corrected chi connectivity index (χ4v) is 1.81. The number of fused-ring (bicyclic) bond motifs is 1. The number of nitrogen functional groups attached to an aromatic ring is 1. The lowest BCUT2D eigenvalue weighted by Crippen LogP contribution is -1.76. The Balaban J connectivity index is 2.18. The summed E-state index contributed by atoms with van der Waals surface area (Å²) < 4.78 is 4.85. The standard InChI is InChI=1S/C12H11N3O/c1-7-2-3-9-8(4-7)5-10(14-9)11-6-12(13)16-15-11/h2-6,14H,13H2,1H3. The van der Waals surface area contributed by atoms with E-state index in [0.717, 1.165) is 22.3 Å². The maximum atomic E-state index is 5.49. The van der Waals surface area contributed by atoms with Gasteiger partial charge in [-0.2, -0.15) is 0 Å². The van der Waals surface area contributed by atoms with Gasteiger partial charge in [0, 0.05) is 17.0 Å². The number of benzene rings is 1. The summed E-state index contributed by atoms with van der Waals surface area (Å²) >= 11 is 0. The first kappa shape index (κ1) is 9.03. The Morgan fingerprint density at radius 3 is 2.88 bits per heavy atom. The number of nitrogens with one attached hydrogen (secondary N) is 1. The molecule has 0 unspecified atom stereocenters. The zero-order valence-corrected chi connectivity index (χ0v) is 8.82. The number of aromatic amines is 1. The summed E-state index contributed by atoms with van der Waals surface area (Å²) in [4.78, 5) is 3.27. The van der Waals surface area contributed by atoms with Crippen molar-refractivity contribution in [3.8, 4) is 11.4 Å². The molecule has 80 valence electrons. The number of H-pyrrole nitrogens is 1. The van der Waals surface area contributed by atoms with Crippen LogP contribution in [0.1, 0.15) is 5.56 Å². The van der Waals surface area contributed by atoms with Crippen LogP contribution in [0.2, 0.25) is 0 Å². The maximum absolute atomic E-state index is 5.49. The summed E-state index contributed by atoms with van der Waals surface area (Å²) in [5.74, 6) is 0.324. The number of aromatic nitrogens is 2. The maximum Gasteiger partial charge on any atom is 0.222 e. The molecule has 3 N–H and O–H groups in total. The van der Waals surface area contributed by atoms with E-state index in [4.69, 9.17) is 10.3 Å². The number of anilines is 1. The molecule has 0 atom stereocenters. The van der Waals surface area contributed by atoms with Crippen molar-refractivity contribution in [2.45, 2.75) is 6.92 Å². The number of hydrogen-bond donors (Lipinski definition) is 2. The van der Waals surface area contributed by atoms with Gasteiger partial charge in [-0.1, -0.05) is 16.8 Å². The van der Waals surface area contributed by atoms with Crippen LogP contribution in [0.3, 0.4) is 0 Å². The molecule has 0 aliphatic carbocycles. The second kappa shape index (κ2) is 3.13. The average Bonchev–Trinajstić information content (AvgIpc) is 2.83. The molecular weight excluding hydrogens is 202 g/mol. The van der Waals surface area contributed by atoms with Crippen molar-refractivity contribution in [2.75, 3.05) is 5.73 Å². The lowest BCUT2D eigenvalue weighted by atomic mass is 10.2. The zero-order chi connectivity index (χ0) is 11.1. The Kier molecular flexibility index (Phi) is 1.77. The molecule has 0 saturated carbocycles. The largest absolute Gasteiger partial charge is 0.368 e. The van der Waals surface area contributed by atoms with Crippen LogP contribution in [0.25, 0.3) is 22.3 Å². The summed E-state index contributed by atoms with van der Waals surface area (Å²) in [7, 11) is 0. The minimum absolute atomic E-state index is 0.324. The van der Waals surface area contributed by atoms with Gasteiger partial charge < -0.3 is 15.2 Å². The molecule has 0 saturated heterocycles. The van der Waals surface area contributed by atoms with Crippen molar-refractivity contribution in [1.82, 2.24) is 10.1 Å². The fourth-order valence-electron chi connectivity index (χ4n) is 1.81. The third-order valence-corrected chi connectivity index (χ3v) is 2.58. The first-order valence-electron chi connectivity index (χ1n) is 5.04. The van der Waals surface area contributed by atoms with Gasteiger partial charge in [-0.25, -0.2) is 0 Å². The van der Waals surface area contributed by atoms with Crippen molar-refractivity contribution in [3.63, 3.8) is 0 Å².